The van der Waals surface area contributed by atoms with Crippen LogP contribution in [0, 0.1) is 18.2 Å². The molecule has 2 aromatic heterocycles. The van der Waals surface area contributed by atoms with Crippen LogP contribution < -0.4 is 5.46 Å². The normalized spacial score (nSPS) is 18.7. The zero-order valence-electron chi connectivity index (χ0n) is 17.6. The van der Waals surface area contributed by atoms with E-state index < -0.39 is 28.6 Å². The maximum absolute atomic E-state index is 14.0. The van der Waals surface area contributed by atoms with Crippen LogP contribution >= 0.6 is 0 Å². The Morgan fingerprint density at radius 2 is 1.83 bits per heavy atom. The lowest BCUT2D eigenvalue weighted by Gasteiger charge is -2.47. The molecule has 0 atom stereocenters. The first-order valence-corrected chi connectivity index (χ1v) is 11.1. The summed E-state index contributed by atoms with van der Waals surface area (Å²) in [4.78, 5) is 4.19. The molecule has 0 saturated carbocycles. The Morgan fingerprint density at radius 3 is 2.47 bits per heavy atom. The van der Waals surface area contributed by atoms with Crippen molar-refractivity contribution in [1.82, 2.24) is 8.96 Å². The Bertz CT molecular complexity index is 1220. The van der Waals surface area contributed by atoms with E-state index in [4.69, 9.17) is 9.31 Å². The molecule has 4 rings (SSSR count). The Morgan fingerprint density at radius 1 is 1.17 bits per heavy atom. The number of halogens is 1. The first kappa shape index (κ1) is 21.0. The van der Waals surface area contributed by atoms with Gasteiger partial charge in [0.25, 0.3) is 10.0 Å². The van der Waals surface area contributed by atoms with E-state index >= 15 is 0 Å². The minimum atomic E-state index is -3.94. The van der Waals surface area contributed by atoms with Crippen LogP contribution in [0.4, 0.5) is 4.39 Å². The van der Waals surface area contributed by atoms with Crippen molar-refractivity contribution in [3.8, 4) is 0 Å². The maximum atomic E-state index is 14.0. The fourth-order valence-corrected chi connectivity index (χ4v) is 4.68. The van der Waals surface area contributed by atoms with E-state index in [0.717, 1.165) is 15.7 Å². The SMILES string of the molecule is Cc1ccc(S(=O)(=O)n2cc(B3OCC(C)(C)C(C)(C)O3)c3cc(F)cnc32)cc1. The summed E-state index contributed by atoms with van der Waals surface area (Å²) in [6.07, 6.45) is 2.42. The van der Waals surface area contributed by atoms with E-state index in [2.05, 4.69) is 4.98 Å². The number of benzene rings is 1. The molecule has 158 valence electrons. The molecule has 1 saturated heterocycles. The lowest BCUT2D eigenvalue weighted by molar-refractivity contribution is -0.0936. The molecule has 0 amide bonds. The van der Waals surface area contributed by atoms with Gasteiger partial charge < -0.3 is 9.31 Å². The second-order valence-electron chi connectivity index (χ2n) is 8.88. The maximum Gasteiger partial charge on any atom is 0.496 e. The highest BCUT2D eigenvalue weighted by molar-refractivity contribution is 7.90. The van der Waals surface area contributed by atoms with Crippen LogP contribution in [0.3, 0.4) is 0 Å². The van der Waals surface area contributed by atoms with Crippen molar-refractivity contribution < 1.29 is 22.1 Å². The molecule has 6 nitrogen and oxygen atoms in total. The van der Waals surface area contributed by atoms with Crippen LogP contribution in [0.25, 0.3) is 11.0 Å². The van der Waals surface area contributed by atoms with Gasteiger partial charge in [-0.25, -0.2) is 21.8 Å². The Labute approximate surface area is 176 Å². The molecule has 0 aliphatic carbocycles. The summed E-state index contributed by atoms with van der Waals surface area (Å²) < 4.78 is 53.9. The fourth-order valence-electron chi connectivity index (χ4n) is 3.34. The molecule has 1 aliphatic heterocycles. The van der Waals surface area contributed by atoms with Gasteiger partial charge in [-0.15, -0.1) is 0 Å². The topological polar surface area (TPSA) is 70.4 Å². The molecule has 1 fully saturated rings. The number of hydrogen-bond acceptors (Lipinski definition) is 5. The predicted molar refractivity (Wildman–Crippen MR) is 114 cm³/mol. The van der Waals surface area contributed by atoms with Crippen molar-refractivity contribution in [2.75, 3.05) is 6.61 Å². The average molecular weight is 430 g/mol. The van der Waals surface area contributed by atoms with Gasteiger partial charge in [-0.3, -0.25) is 0 Å². The number of rotatable bonds is 3. The highest BCUT2D eigenvalue weighted by Gasteiger charge is 2.48. The summed E-state index contributed by atoms with van der Waals surface area (Å²) in [5.41, 5.74) is 0.708. The first-order chi connectivity index (χ1) is 13.9. The molecule has 0 radical (unpaired) electrons. The largest absolute Gasteiger partial charge is 0.496 e. The van der Waals surface area contributed by atoms with E-state index in [1.54, 1.807) is 24.3 Å². The highest BCUT2D eigenvalue weighted by Crippen LogP contribution is 2.38. The minimum absolute atomic E-state index is 0.120. The lowest BCUT2D eigenvalue weighted by atomic mass is 9.69. The van der Waals surface area contributed by atoms with Gasteiger partial charge in [-0.05, 0) is 39.0 Å². The van der Waals surface area contributed by atoms with Gasteiger partial charge >= 0.3 is 7.12 Å². The summed E-state index contributed by atoms with van der Waals surface area (Å²) in [5, 5.41) is 0.339. The van der Waals surface area contributed by atoms with Gasteiger partial charge in [0.1, 0.15) is 5.82 Å². The molecule has 3 aromatic rings. The molecule has 0 N–H and O–H groups in total. The van der Waals surface area contributed by atoms with E-state index in [0.29, 0.717) is 17.5 Å². The van der Waals surface area contributed by atoms with E-state index in [1.165, 1.54) is 12.3 Å². The van der Waals surface area contributed by atoms with Crippen molar-refractivity contribution in [1.29, 1.82) is 0 Å². The molecular formula is C21H24BFN2O4S. The molecule has 0 bridgehead atoms. The van der Waals surface area contributed by atoms with Crippen LogP contribution in [-0.2, 0) is 19.3 Å². The third-order valence-corrected chi connectivity index (χ3v) is 7.73. The van der Waals surface area contributed by atoms with Crippen LogP contribution in [0.15, 0.2) is 47.6 Å². The molecular weight excluding hydrogens is 406 g/mol. The second kappa shape index (κ2) is 6.90. The number of aryl methyl sites for hydroxylation is 1. The van der Waals surface area contributed by atoms with Crippen molar-refractivity contribution >= 4 is 33.6 Å². The van der Waals surface area contributed by atoms with Crippen molar-refractivity contribution in [3.05, 3.63) is 54.1 Å². The molecule has 0 spiro atoms. The molecule has 0 unspecified atom stereocenters. The van der Waals surface area contributed by atoms with Crippen molar-refractivity contribution in [2.24, 2.45) is 5.41 Å². The van der Waals surface area contributed by atoms with Crippen LogP contribution in [0.1, 0.15) is 33.3 Å². The number of nitrogens with zero attached hydrogens (tertiary/aromatic N) is 2. The fraction of sp³-hybridized carbons (Fsp3) is 0.381. The van der Waals surface area contributed by atoms with Gasteiger partial charge in [-0.1, -0.05) is 31.5 Å². The van der Waals surface area contributed by atoms with Gasteiger partial charge in [0.15, 0.2) is 5.65 Å². The Kier molecular flexibility index (Phi) is 4.84. The zero-order valence-corrected chi connectivity index (χ0v) is 18.5. The number of fused-ring (bicyclic) bond motifs is 1. The van der Waals surface area contributed by atoms with Gasteiger partial charge in [0.05, 0.1) is 16.7 Å². The van der Waals surface area contributed by atoms with E-state index in [9.17, 15) is 12.8 Å². The zero-order chi connectivity index (χ0) is 21.9. The quantitative estimate of drug-likeness (QED) is 0.597. The first-order valence-electron chi connectivity index (χ1n) is 9.71. The summed E-state index contributed by atoms with van der Waals surface area (Å²) in [5.74, 6) is -0.565. The second-order valence-corrected chi connectivity index (χ2v) is 10.7. The van der Waals surface area contributed by atoms with E-state index in [1.807, 2.05) is 34.6 Å². The van der Waals surface area contributed by atoms with E-state index in [-0.39, 0.29) is 16.0 Å². The van der Waals surface area contributed by atoms with Crippen LogP contribution in [0.2, 0.25) is 0 Å². The summed E-state index contributed by atoms with van der Waals surface area (Å²) >= 11 is 0. The number of hydrogen-bond donors (Lipinski definition) is 0. The molecule has 9 heteroatoms. The molecule has 30 heavy (non-hydrogen) atoms. The van der Waals surface area contributed by atoms with Gasteiger partial charge in [0.2, 0.25) is 0 Å². The predicted octanol–water partition coefficient (Wildman–Crippen LogP) is 3.27. The average Bonchev–Trinajstić information content (AvgIpc) is 3.04. The molecule has 3 heterocycles. The lowest BCUT2D eigenvalue weighted by Crippen LogP contribution is -2.58. The molecule has 1 aromatic carbocycles. The Balaban J connectivity index is 1.87. The third kappa shape index (κ3) is 3.34. The standard InChI is InChI=1S/C21H24BFN2O4S/c1-14-6-8-16(9-7-14)30(26,27)25-12-18(17-10-15(23)11-24-19(17)25)22-28-13-20(2,3)21(4,5)29-22/h6-12H,13H2,1-5H3. The smallest absolute Gasteiger partial charge is 0.407 e. The Hall–Kier alpha value is -2.23. The van der Waals surface area contributed by atoms with Gasteiger partial charge in [-0.2, -0.15) is 0 Å². The third-order valence-electron chi connectivity index (χ3n) is 6.07. The monoisotopic (exact) mass is 430 g/mol. The summed E-state index contributed by atoms with van der Waals surface area (Å²) in [6, 6.07) is 7.80. The van der Waals surface area contributed by atoms with Gasteiger partial charge in [0, 0.05) is 29.1 Å². The minimum Gasteiger partial charge on any atom is -0.407 e. The van der Waals surface area contributed by atoms with Crippen molar-refractivity contribution in [3.63, 3.8) is 0 Å². The summed E-state index contributed by atoms with van der Waals surface area (Å²) in [6.45, 7) is 10.3. The molecule has 1 aliphatic rings. The van der Waals surface area contributed by atoms with Crippen LogP contribution in [0.5, 0.6) is 0 Å². The van der Waals surface area contributed by atoms with Crippen molar-refractivity contribution in [2.45, 2.75) is 45.1 Å². The number of aromatic nitrogens is 2. The highest BCUT2D eigenvalue weighted by atomic mass is 32.2. The summed E-state index contributed by atoms with van der Waals surface area (Å²) in [7, 11) is -4.78. The van der Waals surface area contributed by atoms with Crippen LogP contribution in [-0.4, -0.2) is 36.7 Å². The number of pyridine rings is 1.